The summed E-state index contributed by atoms with van der Waals surface area (Å²) in [6.07, 6.45) is 0. The highest BCUT2D eigenvalue weighted by Gasteiger charge is 2.16. The SMILES string of the molecule is CNC(c1ccc(Br)c(Br)c1)c1nc(C)cs1. The summed E-state index contributed by atoms with van der Waals surface area (Å²) < 4.78 is 2.12. The lowest BCUT2D eigenvalue weighted by Crippen LogP contribution is -2.17. The lowest BCUT2D eigenvalue weighted by molar-refractivity contribution is 0.684. The van der Waals surface area contributed by atoms with Gasteiger partial charge in [0.05, 0.1) is 6.04 Å². The molecule has 2 nitrogen and oxygen atoms in total. The first-order chi connectivity index (χ1) is 8.11. The molecule has 0 spiro atoms. The number of halogens is 2. The van der Waals surface area contributed by atoms with Crippen LogP contribution in [0.2, 0.25) is 0 Å². The summed E-state index contributed by atoms with van der Waals surface area (Å²) in [7, 11) is 1.96. The smallest absolute Gasteiger partial charge is 0.114 e. The minimum atomic E-state index is 0.151. The summed E-state index contributed by atoms with van der Waals surface area (Å²) in [6.45, 7) is 2.02. The number of benzene rings is 1. The lowest BCUT2D eigenvalue weighted by Gasteiger charge is -2.14. The summed E-state index contributed by atoms with van der Waals surface area (Å²) in [6, 6.07) is 6.41. The number of nitrogens with zero attached hydrogens (tertiary/aromatic N) is 1. The number of nitrogens with one attached hydrogen (secondary N) is 1. The van der Waals surface area contributed by atoms with Gasteiger partial charge in [-0.05, 0) is 63.5 Å². The fourth-order valence-corrected chi connectivity index (χ4v) is 3.20. The molecule has 2 aromatic rings. The van der Waals surface area contributed by atoms with Crippen molar-refractivity contribution in [3.63, 3.8) is 0 Å². The Morgan fingerprint density at radius 2 is 2.06 bits per heavy atom. The summed E-state index contributed by atoms with van der Waals surface area (Å²) in [5.74, 6) is 0. The van der Waals surface area contributed by atoms with Crippen LogP contribution in [0.3, 0.4) is 0 Å². The van der Waals surface area contributed by atoms with E-state index in [1.165, 1.54) is 5.56 Å². The van der Waals surface area contributed by atoms with Crippen molar-refractivity contribution >= 4 is 43.2 Å². The largest absolute Gasteiger partial charge is 0.307 e. The van der Waals surface area contributed by atoms with E-state index in [2.05, 4.69) is 59.7 Å². The maximum Gasteiger partial charge on any atom is 0.114 e. The molecule has 2 rings (SSSR count). The first-order valence-electron chi connectivity index (χ1n) is 5.16. The van der Waals surface area contributed by atoms with Crippen molar-refractivity contribution in [1.82, 2.24) is 10.3 Å². The summed E-state index contributed by atoms with van der Waals surface area (Å²) in [5.41, 5.74) is 2.28. The second kappa shape index (κ2) is 5.61. The maximum absolute atomic E-state index is 4.54. The molecule has 1 aromatic carbocycles. The van der Waals surface area contributed by atoms with E-state index in [1.807, 2.05) is 20.0 Å². The molecular formula is C12H12Br2N2S. The highest BCUT2D eigenvalue weighted by molar-refractivity contribution is 9.13. The Kier molecular flexibility index (Phi) is 4.36. The lowest BCUT2D eigenvalue weighted by atomic mass is 10.1. The Morgan fingerprint density at radius 1 is 1.29 bits per heavy atom. The molecule has 0 radical (unpaired) electrons. The third-order valence-electron chi connectivity index (χ3n) is 2.45. The molecule has 1 N–H and O–H groups in total. The minimum Gasteiger partial charge on any atom is -0.307 e. The molecule has 1 heterocycles. The van der Waals surface area contributed by atoms with Crippen LogP contribution >= 0.6 is 43.2 Å². The Bertz CT molecular complexity index is 525. The molecular weight excluding hydrogens is 364 g/mol. The monoisotopic (exact) mass is 374 g/mol. The van der Waals surface area contributed by atoms with Gasteiger partial charge in [0, 0.05) is 20.0 Å². The second-order valence-electron chi connectivity index (χ2n) is 3.72. The predicted molar refractivity (Wildman–Crippen MR) is 79.6 cm³/mol. The van der Waals surface area contributed by atoms with Crippen molar-refractivity contribution in [2.75, 3.05) is 7.05 Å². The molecule has 1 aromatic heterocycles. The maximum atomic E-state index is 4.54. The van der Waals surface area contributed by atoms with Gasteiger partial charge in [-0.1, -0.05) is 6.07 Å². The van der Waals surface area contributed by atoms with Crippen LogP contribution in [0.15, 0.2) is 32.5 Å². The van der Waals surface area contributed by atoms with Gasteiger partial charge < -0.3 is 5.32 Å². The number of aromatic nitrogens is 1. The summed E-state index contributed by atoms with van der Waals surface area (Å²) in [5, 5.41) is 6.48. The zero-order valence-corrected chi connectivity index (χ0v) is 13.5. The van der Waals surface area contributed by atoms with Gasteiger partial charge in [0.15, 0.2) is 0 Å². The molecule has 0 fully saturated rings. The van der Waals surface area contributed by atoms with E-state index in [-0.39, 0.29) is 6.04 Å². The average molecular weight is 376 g/mol. The van der Waals surface area contributed by atoms with Crippen LogP contribution in [0.1, 0.15) is 22.3 Å². The number of hydrogen-bond donors (Lipinski definition) is 1. The van der Waals surface area contributed by atoms with E-state index in [9.17, 15) is 0 Å². The molecule has 0 bridgehead atoms. The summed E-state index contributed by atoms with van der Waals surface area (Å²) in [4.78, 5) is 4.54. The molecule has 0 aliphatic carbocycles. The highest BCUT2D eigenvalue weighted by Crippen LogP contribution is 2.30. The van der Waals surface area contributed by atoms with Crippen molar-refractivity contribution in [1.29, 1.82) is 0 Å². The number of rotatable bonds is 3. The van der Waals surface area contributed by atoms with E-state index < -0.39 is 0 Å². The fourth-order valence-electron chi connectivity index (χ4n) is 1.63. The van der Waals surface area contributed by atoms with Crippen molar-refractivity contribution in [2.24, 2.45) is 0 Å². The van der Waals surface area contributed by atoms with E-state index in [1.54, 1.807) is 11.3 Å². The molecule has 0 saturated heterocycles. The molecule has 1 atom stereocenters. The van der Waals surface area contributed by atoms with E-state index >= 15 is 0 Å². The van der Waals surface area contributed by atoms with Gasteiger partial charge in [0.25, 0.3) is 0 Å². The molecule has 0 amide bonds. The molecule has 0 aliphatic heterocycles. The van der Waals surface area contributed by atoms with Gasteiger partial charge in [-0.25, -0.2) is 4.98 Å². The van der Waals surface area contributed by atoms with Gasteiger partial charge in [0.2, 0.25) is 0 Å². The standard InChI is InChI=1S/C12H12Br2N2S/c1-7-6-17-12(16-7)11(15-2)8-3-4-9(13)10(14)5-8/h3-6,11,15H,1-2H3. The topological polar surface area (TPSA) is 24.9 Å². The third kappa shape index (κ3) is 2.96. The fraction of sp³-hybridized carbons (Fsp3) is 0.250. The van der Waals surface area contributed by atoms with Crippen LogP contribution in [0.5, 0.6) is 0 Å². The molecule has 0 aliphatic rings. The number of thiazole rings is 1. The van der Waals surface area contributed by atoms with Crippen molar-refractivity contribution in [3.05, 3.63) is 48.8 Å². The highest BCUT2D eigenvalue weighted by atomic mass is 79.9. The van der Waals surface area contributed by atoms with Gasteiger partial charge >= 0.3 is 0 Å². The first-order valence-corrected chi connectivity index (χ1v) is 7.62. The molecule has 0 saturated carbocycles. The Labute approximate surface area is 122 Å². The second-order valence-corrected chi connectivity index (χ2v) is 6.32. The van der Waals surface area contributed by atoms with E-state index in [4.69, 9.17) is 0 Å². The first kappa shape index (κ1) is 13.2. The van der Waals surface area contributed by atoms with Gasteiger partial charge in [0.1, 0.15) is 5.01 Å². The average Bonchev–Trinajstić information content (AvgIpc) is 2.71. The van der Waals surface area contributed by atoms with Crippen LogP contribution < -0.4 is 5.32 Å². The molecule has 17 heavy (non-hydrogen) atoms. The van der Waals surface area contributed by atoms with Crippen molar-refractivity contribution in [3.8, 4) is 0 Å². The molecule has 1 unspecified atom stereocenters. The van der Waals surface area contributed by atoms with E-state index in [0.717, 1.165) is 19.6 Å². The predicted octanol–water partition coefficient (Wildman–Crippen LogP) is 4.29. The molecule has 90 valence electrons. The van der Waals surface area contributed by atoms with Crippen LogP contribution in [0.25, 0.3) is 0 Å². The normalized spacial score (nSPS) is 12.7. The minimum absolute atomic E-state index is 0.151. The van der Waals surface area contributed by atoms with E-state index in [0.29, 0.717) is 0 Å². The number of hydrogen-bond acceptors (Lipinski definition) is 3. The Morgan fingerprint density at radius 3 is 2.59 bits per heavy atom. The number of aryl methyl sites for hydroxylation is 1. The van der Waals surface area contributed by atoms with Crippen LogP contribution in [0, 0.1) is 6.92 Å². The van der Waals surface area contributed by atoms with Crippen LogP contribution in [-0.2, 0) is 0 Å². The van der Waals surface area contributed by atoms with Crippen LogP contribution in [0.4, 0.5) is 0 Å². The van der Waals surface area contributed by atoms with Crippen molar-refractivity contribution < 1.29 is 0 Å². The quantitative estimate of drug-likeness (QED) is 0.865. The van der Waals surface area contributed by atoms with Crippen LogP contribution in [-0.4, -0.2) is 12.0 Å². The Hall–Kier alpha value is -0.230. The van der Waals surface area contributed by atoms with Gasteiger partial charge in [-0.3, -0.25) is 0 Å². The molecule has 5 heteroatoms. The zero-order valence-electron chi connectivity index (χ0n) is 9.50. The third-order valence-corrected chi connectivity index (χ3v) is 5.36. The Balaban J connectivity index is 2.38. The van der Waals surface area contributed by atoms with Gasteiger partial charge in [-0.2, -0.15) is 0 Å². The summed E-state index contributed by atoms with van der Waals surface area (Å²) >= 11 is 8.70. The van der Waals surface area contributed by atoms with Crippen molar-refractivity contribution in [2.45, 2.75) is 13.0 Å². The zero-order chi connectivity index (χ0) is 12.4. The van der Waals surface area contributed by atoms with Gasteiger partial charge in [-0.15, -0.1) is 11.3 Å².